The molecule has 0 bridgehead atoms. The predicted octanol–water partition coefficient (Wildman–Crippen LogP) is 5.37. The number of aromatic carboxylic acids is 1. The van der Waals surface area contributed by atoms with E-state index in [0.29, 0.717) is 18.1 Å². The number of carbonyl (C=O) groups excluding carboxylic acids is 1. The van der Waals surface area contributed by atoms with E-state index in [2.05, 4.69) is 0 Å². The maximum Gasteiger partial charge on any atom is 0.335 e. The summed E-state index contributed by atoms with van der Waals surface area (Å²) in [5, 5.41) is 9.80. The Morgan fingerprint density at radius 3 is 2.07 bits per heavy atom. The van der Waals surface area contributed by atoms with Crippen LogP contribution in [0.3, 0.4) is 0 Å². The molecule has 4 rings (SSSR count). The molecule has 0 saturated heterocycles. The van der Waals surface area contributed by atoms with E-state index in [1.165, 1.54) is 0 Å². The van der Waals surface area contributed by atoms with Crippen molar-refractivity contribution in [2.45, 2.75) is 25.4 Å². The fraction of sp³-hybridized carbons (Fsp3) is 0.200. The van der Waals surface area contributed by atoms with Crippen LogP contribution in [0.25, 0.3) is 0 Å². The lowest BCUT2D eigenvalue weighted by molar-refractivity contribution is -0.134. The molecule has 3 aromatic rings. The van der Waals surface area contributed by atoms with Crippen molar-refractivity contribution in [3.8, 4) is 0 Å². The number of carboxylic acids is 1. The standard InChI is InChI=1S/C25H22ClNO3/c26-21-12-10-19(11-13-21)22-14-23(22)24(28)27(15-17-4-2-1-3-5-17)16-18-6-8-20(9-7-18)25(29)30/h1-13,22-23H,14-16H2,(H,29,30)/t22-,23+/m0/s1. The number of amides is 1. The van der Waals surface area contributed by atoms with Gasteiger partial charge < -0.3 is 10.0 Å². The number of benzene rings is 3. The molecule has 1 aliphatic rings. The summed E-state index contributed by atoms with van der Waals surface area (Å²) in [7, 11) is 0. The van der Waals surface area contributed by atoms with Crippen LogP contribution in [0.1, 0.15) is 39.4 Å². The lowest BCUT2D eigenvalue weighted by Gasteiger charge is -2.23. The minimum Gasteiger partial charge on any atom is -0.478 e. The molecule has 0 aromatic heterocycles. The second kappa shape index (κ2) is 8.72. The van der Waals surface area contributed by atoms with Gasteiger partial charge in [0.1, 0.15) is 0 Å². The number of hydrogen-bond acceptors (Lipinski definition) is 2. The van der Waals surface area contributed by atoms with Gasteiger partial charge in [0.25, 0.3) is 0 Å². The van der Waals surface area contributed by atoms with Crippen LogP contribution < -0.4 is 0 Å². The number of nitrogens with zero attached hydrogens (tertiary/aromatic N) is 1. The van der Waals surface area contributed by atoms with E-state index in [4.69, 9.17) is 16.7 Å². The van der Waals surface area contributed by atoms with E-state index in [0.717, 1.165) is 23.1 Å². The van der Waals surface area contributed by atoms with Gasteiger partial charge in [0.05, 0.1) is 5.56 Å². The molecule has 1 fully saturated rings. The highest BCUT2D eigenvalue weighted by molar-refractivity contribution is 6.30. The average molecular weight is 420 g/mol. The topological polar surface area (TPSA) is 57.6 Å². The molecular formula is C25H22ClNO3. The second-order valence-electron chi connectivity index (χ2n) is 7.68. The molecule has 1 saturated carbocycles. The average Bonchev–Trinajstić information content (AvgIpc) is 3.55. The van der Waals surface area contributed by atoms with Gasteiger partial charge in [-0.3, -0.25) is 4.79 Å². The predicted molar refractivity (Wildman–Crippen MR) is 116 cm³/mol. The third kappa shape index (κ3) is 4.71. The number of carboxylic acid groups (broad SMARTS) is 1. The normalized spacial score (nSPS) is 17.4. The summed E-state index contributed by atoms with van der Waals surface area (Å²) in [5.41, 5.74) is 3.36. The molecular weight excluding hydrogens is 398 g/mol. The minimum absolute atomic E-state index is 0.0341. The van der Waals surface area contributed by atoms with Crippen molar-refractivity contribution >= 4 is 23.5 Å². The molecule has 0 radical (unpaired) electrons. The molecule has 0 unspecified atom stereocenters. The quantitative estimate of drug-likeness (QED) is 0.560. The highest BCUT2D eigenvalue weighted by atomic mass is 35.5. The van der Waals surface area contributed by atoms with Gasteiger partial charge in [-0.25, -0.2) is 4.79 Å². The molecule has 0 spiro atoms. The van der Waals surface area contributed by atoms with Gasteiger partial charge in [-0.2, -0.15) is 0 Å². The van der Waals surface area contributed by atoms with Gasteiger partial charge in [0.15, 0.2) is 0 Å². The largest absolute Gasteiger partial charge is 0.478 e. The first-order valence-corrected chi connectivity index (χ1v) is 10.3. The summed E-state index contributed by atoms with van der Waals surface area (Å²) in [4.78, 5) is 26.3. The van der Waals surface area contributed by atoms with Gasteiger partial charge >= 0.3 is 5.97 Å². The zero-order chi connectivity index (χ0) is 21.1. The van der Waals surface area contributed by atoms with Gasteiger partial charge in [0, 0.05) is 24.0 Å². The van der Waals surface area contributed by atoms with E-state index in [1.807, 2.05) is 59.5 Å². The van der Waals surface area contributed by atoms with Crippen molar-refractivity contribution in [2.24, 2.45) is 5.92 Å². The number of carbonyl (C=O) groups is 2. The first-order chi connectivity index (χ1) is 14.5. The Kier molecular flexibility index (Phi) is 5.86. The molecule has 1 amide bonds. The van der Waals surface area contributed by atoms with Crippen LogP contribution >= 0.6 is 11.6 Å². The summed E-state index contributed by atoms with van der Waals surface area (Å²) in [6, 6.07) is 24.3. The van der Waals surface area contributed by atoms with Crippen molar-refractivity contribution in [1.82, 2.24) is 4.90 Å². The molecule has 5 heteroatoms. The van der Waals surface area contributed by atoms with Crippen LogP contribution in [0.2, 0.25) is 5.02 Å². The Balaban J connectivity index is 1.51. The number of halogens is 1. The second-order valence-corrected chi connectivity index (χ2v) is 8.12. The molecule has 152 valence electrons. The van der Waals surface area contributed by atoms with E-state index in [1.54, 1.807) is 24.3 Å². The number of rotatable bonds is 7. The third-order valence-corrected chi connectivity index (χ3v) is 5.76. The summed E-state index contributed by atoms with van der Waals surface area (Å²) < 4.78 is 0. The van der Waals surface area contributed by atoms with E-state index in [-0.39, 0.29) is 23.3 Å². The van der Waals surface area contributed by atoms with Gasteiger partial charge in [-0.1, -0.05) is 66.2 Å². The highest BCUT2D eigenvalue weighted by Gasteiger charge is 2.45. The van der Waals surface area contributed by atoms with Crippen LogP contribution in [0, 0.1) is 5.92 Å². The van der Waals surface area contributed by atoms with E-state index in [9.17, 15) is 9.59 Å². The molecule has 1 aliphatic carbocycles. The molecule has 2 atom stereocenters. The van der Waals surface area contributed by atoms with Crippen LogP contribution in [0.15, 0.2) is 78.9 Å². The Hall–Kier alpha value is -3.11. The Morgan fingerprint density at radius 2 is 1.47 bits per heavy atom. The third-order valence-electron chi connectivity index (χ3n) is 5.51. The van der Waals surface area contributed by atoms with Gasteiger partial charge in [-0.05, 0) is 53.3 Å². The summed E-state index contributed by atoms with van der Waals surface area (Å²) in [6.07, 6.45) is 0.837. The Morgan fingerprint density at radius 1 is 0.867 bits per heavy atom. The minimum atomic E-state index is -0.956. The van der Waals surface area contributed by atoms with Crippen molar-refractivity contribution in [1.29, 1.82) is 0 Å². The van der Waals surface area contributed by atoms with Crippen LogP contribution in [0.5, 0.6) is 0 Å². The fourth-order valence-electron chi connectivity index (χ4n) is 3.77. The van der Waals surface area contributed by atoms with Crippen LogP contribution in [-0.2, 0) is 17.9 Å². The van der Waals surface area contributed by atoms with Gasteiger partial charge in [0.2, 0.25) is 5.91 Å². The van der Waals surface area contributed by atoms with Gasteiger partial charge in [-0.15, -0.1) is 0 Å². The van der Waals surface area contributed by atoms with Crippen molar-refractivity contribution < 1.29 is 14.7 Å². The zero-order valence-electron chi connectivity index (χ0n) is 16.4. The SMILES string of the molecule is O=C(O)c1ccc(CN(Cc2ccccc2)C(=O)[C@@H]2C[C@H]2c2ccc(Cl)cc2)cc1. The van der Waals surface area contributed by atoms with E-state index >= 15 is 0 Å². The summed E-state index contributed by atoms with van der Waals surface area (Å²) in [6.45, 7) is 0.960. The fourth-order valence-corrected chi connectivity index (χ4v) is 3.90. The number of hydrogen-bond donors (Lipinski definition) is 1. The molecule has 0 heterocycles. The lowest BCUT2D eigenvalue weighted by atomic mass is 10.1. The first kappa shape index (κ1) is 20.2. The molecule has 1 N–H and O–H groups in total. The van der Waals surface area contributed by atoms with E-state index < -0.39 is 5.97 Å². The van der Waals surface area contributed by atoms with Crippen molar-refractivity contribution in [2.75, 3.05) is 0 Å². The first-order valence-electron chi connectivity index (χ1n) is 9.91. The van der Waals surface area contributed by atoms with Crippen molar-refractivity contribution in [3.63, 3.8) is 0 Å². The maximum absolute atomic E-state index is 13.3. The molecule has 30 heavy (non-hydrogen) atoms. The monoisotopic (exact) mass is 419 g/mol. The lowest BCUT2D eigenvalue weighted by Crippen LogP contribution is -2.31. The molecule has 4 nitrogen and oxygen atoms in total. The smallest absolute Gasteiger partial charge is 0.335 e. The zero-order valence-corrected chi connectivity index (χ0v) is 17.1. The van der Waals surface area contributed by atoms with Crippen molar-refractivity contribution in [3.05, 3.63) is 106 Å². The Labute approximate surface area is 180 Å². The Bertz CT molecular complexity index is 1030. The van der Waals surface area contributed by atoms with Crippen LogP contribution in [-0.4, -0.2) is 21.9 Å². The summed E-state index contributed by atoms with van der Waals surface area (Å²) in [5.74, 6) is -0.640. The maximum atomic E-state index is 13.3. The molecule has 3 aromatic carbocycles. The molecule has 0 aliphatic heterocycles. The summed E-state index contributed by atoms with van der Waals surface area (Å²) >= 11 is 5.99. The van der Waals surface area contributed by atoms with Crippen LogP contribution in [0.4, 0.5) is 0 Å². The highest BCUT2D eigenvalue weighted by Crippen LogP contribution is 2.48.